The number of nitro groups is 1. The molecule has 106 valence electrons. The molecule has 0 unspecified atom stereocenters. The zero-order chi connectivity index (χ0) is 15.0. The topological polar surface area (TPSA) is 59.3 Å². The van der Waals surface area contributed by atoms with Gasteiger partial charge in [0.15, 0.2) is 0 Å². The predicted molar refractivity (Wildman–Crippen MR) is 86.0 cm³/mol. The summed E-state index contributed by atoms with van der Waals surface area (Å²) in [6.45, 7) is 0. The number of thiazole rings is 1. The first kappa shape index (κ1) is 13.5. The standard InChI is InChI=1S/C15H13N3O2S/c1-17(2)12-7-8-13-14(9-12)21-15(16-13)10-3-5-11(6-4-10)18(19)20/h3-9H,1-2H3. The van der Waals surface area contributed by atoms with E-state index in [9.17, 15) is 10.1 Å². The Labute approximate surface area is 125 Å². The van der Waals surface area contributed by atoms with Gasteiger partial charge in [0.25, 0.3) is 5.69 Å². The van der Waals surface area contributed by atoms with Crippen LogP contribution in [0.3, 0.4) is 0 Å². The maximum atomic E-state index is 10.7. The molecule has 1 heterocycles. The average Bonchev–Trinajstić information content (AvgIpc) is 2.90. The van der Waals surface area contributed by atoms with Crippen LogP contribution in [0.15, 0.2) is 42.5 Å². The van der Waals surface area contributed by atoms with Crippen molar-refractivity contribution in [3.05, 3.63) is 52.6 Å². The first-order valence-electron chi connectivity index (χ1n) is 6.37. The maximum Gasteiger partial charge on any atom is 0.269 e. The second-order valence-corrected chi connectivity index (χ2v) is 5.90. The summed E-state index contributed by atoms with van der Waals surface area (Å²) in [6, 6.07) is 12.6. The fraction of sp³-hybridized carbons (Fsp3) is 0.133. The molecule has 0 aliphatic heterocycles. The van der Waals surface area contributed by atoms with E-state index in [0.29, 0.717) is 0 Å². The molecule has 0 saturated carbocycles. The van der Waals surface area contributed by atoms with Crippen molar-refractivity contribution in [2.75, 3.05) is 19.0 Å². The van der Waals surface area contributed by atoms with Gasteiger partial charge in [-0.3, -0.25) is 10.1 Å². The van der Waals surface area contributed by atoms with Gasteiger partial charge in [0, 0.05) is 37.5 Å². The lowest BCUT2D eigenvalue weighted by atomic mass is 10.2. The number of nitro benzene ring substituents is 1. The Kier molecular flexibility index (Phi) is 3.31. The number of nitrogens with zero attached hydrogens (tertiary/aromatic N) is 3. The monoisotopic (exact) mass is 299 g/mol. The van der Waals surface area contributed by atoms with E-state index in [2.05, 4.69) is 11.1 Å². The van der Waals surface area contributed by atoms with Gasteiger partial charge in [0.2, 0.25) is 0 Å². The predicted octanol–water partition coefficient (Wildman–Crippen LogP) is 3.94. The molecule has 3 aromatic rings. The fourth-order valence-corrected chi connectivity index (χ4v) is 3.04. The van der Waals surface area contributed by atoms with Crippen molar-refractivity contribution in [3.8, 4) is 10.6 Å². The summed E-state index contributed by atoms with van der Waals surface area (Å²) < 4.78 is 1.11. The van der Waals surface area contributed by atoms with Gasteiger partial charge in [0.1, 0.15) is 5.01 Å². The molecular formula is C15H13N3O2S. The maximum absolute atomic E-state index is 10.7. The van der Waals surface area contributed by atoms with Crippen LogP contribution in [0.2, 0.25) is 0 Å². The average molecular weight is 299 g/mol. The van der Waals surface area contributed by atoms with Gasteiger partial charge in [-0.05, 0) is 30.3 Å². The van der Waals surface area contributed by atoms with Gasteiger partial charge in [0.05, 0.1) is 15.1 Å². The van der Waals surface area contributed by atoms with Crippen LogP contribution in [0.4, 0.5) is 11.4 Å². The van der Waals surface area contributed by atoms with Crippen LogP contribution in [0.25, 0.3) is 20.8 Å². The zero-order valence-corrected chi connectivity index (χ0v) is 12.4. The smallest absolute Gasteiger partial charge is 0.269 e. The molecule has 0 fully saturated rings. The highest BCUT2D eigenvalue weighted by atomic mass is 32.1. The molecule has 0 saturated heterocycles. The summed E-state index contributed by atoms with van der Waals surface area (Å²) in [5.41, 5.74) is 3.06. The van der Waals surface area contributed by atoms with Crippen LogP contribution in [-0.2, 0) is 0 Å². The molecule has 0 spiro atoms. The van der Waals surface area contributed by atoms with Crippen LogP contribution in [0.5, 0.6) is 0 Å². The van der Waals surface area contributed by atoms with Gasteiger partial charge in [-0.25, -0.2) is 4.98 Å². The quantitative estimate of drug-likeness (QED) is 0.543. The molecule has 2 aromatic carbocycles. The summed E-state index contributed by atoms with van der Waals surface area (Å²) in [6.07, 6.45) is 0. The summed E-state index contributed by atoms with van der Waals surface area (Å²) in [7, 11) is 4.00. The van der Waals surface area contributed by atoms with Crippen molar-refractivity contribution in [2.45, 2.75) is 0 Å². The number of rotatable bonds is 3. The van der Waals surface area contributed by atoms with Crippen molar-refractivity contribution in [3.63, 3.8) is 0 Å². The third-order valence-corrected chi connectivity index (χ3v) is 4.28. The Bertz CT molecular complexity index is 809. The third-order valence-electron chi connectivity index (χ3n) is 3.21. The van der Waals surface area contributed by atoms with E-state index in [-0.39, 0.29) is 5.69 Å². The normalized spacial score (nSPS) is 10.8. The van der Waals surface area contributed by atoms with Crippen molar-refractivity contribution in [2.24, 2.45) is 0 Å². The lowest BCUT2D eigenvalue weighted by Gasteiger charge is -2.11. The summed E-state index contributed by atoms with van der Waals surface area (Å²) in [5, 5.41) is 11.5. The Morgan fingerprint density at radius 3 is 2.48 bits per heavy atom. The minimum Gasteiger partial charge on any atom is -0.378 e. The highest BCUT2D eigenvalue weighted by molar-refractivity contribution is 7.21. The van der Waals surface area contributed by atoms with Crippen LogP contribution in [0.1, 0.15) is 0 Å². The molecule has 5 nitrogen and oxygen atoms in total. The summed E-state index contributed by atoms with van der Waals surface area (Å²) >= 11 is 1.59. The number of hydrogen-bond donors (Lipinski definition) is 0. The Morgan fingerprint density at radius 2 is 1.86 bits per heavy atom. The fourth-order valence-electron chi connectivity index (χ4n) is 2.04. The van der Waals surface area contributed by atoms with Crippen LogP contribution in [-0.4, -0.2) is 24.0 Å². The van der Waals surface area contributed by atoms with Crippen LogP contribution in [0, 0.1) is 10.1 Å². The van der Waals surface area contributed by atoms with E-state index >= 15 is 0 Å². The summed E-state index contributed by atoms with van der Waals surface area (Å²) in [4.78, 5) is 16.9. The second-order valence-electron chi connectivity index (χ2n) is 4.87. The van der Waals surface area contributed by atoms with E-state index in [4.69, 9.17) is 0 Å². The Balaban J connectivity index is 2.02. The molecule has 0 bridgehead atoms. The van der Waals surface area contributed by atoms with Gasteiger partial charge in [-0.2, -0.15) is 0 Å². The summed E-state index contributed by atoms with van der Waals surface area (Å²) in [5.74, 6) is 0. The van der Waals surface area contributed by atoms with E-state index in [1.807, 2.05) is 31.1 Å². The largest absolute Gasteiger partial charge is 0.378 e. The van der Waals surface area contributed by atoms with E-state index in [1.54, 1.807) is 23.5 Å². The number of aromatic nitrogens is 1. The Morgan fingerprint density at radius 1 is 1.14 bits per heavy atom. The minimum atomic E-state index is -0.397. The molecule has 1 aromatic heterocycles. The van der Waals surface area contributed by atoms with E-state index in [0.717, 1.165) is 26.5 Å². The molecule has 0 aliphatic carbocycles. The van der Waals surface area contributed by atoms with Crippen molar-refractivity contribution in [1.82, 2.24) is 4.98 Å². The molecule has 0 atom stereocenters. The molecule has 6 heteroatoms. The van der Waals surface area contributed by atoms with Gasteiger partial charge in [-0.1, -0.05) is 0 Å². The first-order chi connectivity index (χ1) is 10.0. The third kappa shape index (κ3) is 2.57. The SMILES string of the molecule is CN(C)c1ccc2nc(-c3ccc([N+](=O)[O-])cc3)sc2c1. The van der Waals surface area contributed by atoms with Crippen LogP contribution >= 0.6 is 11.3 Å². The molecule has 0 amide bonds. The van der Waals surface area contributed by atoms with Crippen LogP contribution < -0.4 is 4.90 Å². The highest BCUT2D eigenvalue weighted by Crippen LogP contribution is 2.32. The number of non-ortho nitro benzene ring substituents is 1. The molecule has 0 radical (unpaired) electrons. The molecular weight excluding hydrogens is 286 g/mol. The molecule has 21 heavy (non-hydrogen) atoms. The van der Waals surface area contributed by atoms with Gasteiger partial charge in [-0.15, -0.1) is 11.3 Å². The molecule has 0 N–H and O–H groups in total. The minimum absolute atomic E-state index is 0.0924. The number of fused-ring (bicyclic) bond motifs is 1. The Hall–Kier alpha value is -2.47. The van der Waals surface area contributed by atoms with Gasteiger partial charge < -0.3 is 4.90 Å². The van der Waals surface area contributed by atoms with Crippen molar-refractivity contribution < 1.29 is 4.92 Å². The zero-order valence-electron chi connectivity index (χ0n) is 11.6. The van der Waals surface area contributed by atoms with E-state index < -0.39 is 4.92 Å². The lowest BCUT2D eigenvalue weighted by Crippen LogP contribution is -2.07. The first-order valence-corrected chi connectivity index (χ1v) is 7.19. The van der Waals surface area contributed by atoms with E-state index in [1.165, 1.54) is 12.1 Å². The van der Waals surface area contributed by atoms with Crippen molar-refractivity contribution >= 4 is 32.9 Å². The lowest BCUT2D eigenvalue weighted by molar-refractivity contribution is -0.384. The number of hydrogen-bond acceptors (Lipinski definition) is 5. The number of benzene rings is 2. The molecule has 0 aliphatic rings. The van der Waals surface area contributed by atoms with Gasteiger partial charge >= 0.3 is 0 Å². The number of anilines is 1. The second kappa shape index (κ2) is 5.14. The molecule has 3 rings (SSSR count). The van der Waals surface area contributed by atoms with Crippen molar-refractivity contribution in [1.29, 1.82) is 0 Å². The highest BCUT2D eigenvalue weighted by Gasteiger charge is 2.10.